The van der Waals surface area contributed by atoms with Crippen molar-refractivity contribution < 1.29 is 9.59 Å². The summed E-state index contributed by atoms with van der Waals surface area (Å²) in [7, 11) is 0. The fourth-order valence-electron chi connectivity index (χ4n) is 2.83. The van der Waals surface area contributed by atoms with Gasteiger partial charge in [-0.1, -0.05) is 24.3 Å². The molecule has 1 fully saturated rings. The van der Waals surface area contributed by atoms with Crippen LogP contribution < -0.4 is 0 Å². The van der Waals surface area contributed by atoms with E-state index < -0.39 is 0 Å². The molecule has 2 heterocycles. The maximum atomic E-state index is 12.3. The molecule has 4 heteroatoms. The highest BCUT2D eigenvalue weighted by molar-refractivity contribution is 5.83. The average molecular weight is 258 g/mol. The number of nitrogens with zero attached hydrogens (tertiary/aromatic N) is 2. The summed E-state index contributed by atoms with van der Waals surface area (Å²) in [6.07, 6.45) is 0.936. The molecule has 2 aliphatic heterocycles. The molecule has 1 aromatic rings. The predicted octanol–water partition coefficient (Wildman–Crippen LogP) is 1.05. The molecule has 2 aliphatic rings. The number of likely N-dealkylation sites (tertiary alicyclic amines) is 1. The lowest BCUT2D eigenvalue weighted by Crippen LogP contribution is -2.56. The van der Waals surface area contributed by atoms with Crippen molar-refractivity contribution in [1.29, 1.82) is 0 Å². The lowest BCUT2D eigenvalue weighted by atomic mass is 9.95. The van der Waals surface area contributed by atoms with Crippen molar-refractivity contribution in [2.24, 2.45) is 5.92 Å². The SMILES string of the molecule is CC(=O)N1CC(C(=O)N2CCc3ccccc3C2)C1. The van der Waals surface area contributed by atoms with Gasteiger partial charge in [0, 0.05) is 33.1 Å². The quantitative estimate of drug-likeness (QED) is 0.755. The zero-order valence-corrected chi connectivity index (χ0v) is 11.1. The van der Waals surface area contributed by atoms with E-state index in [0.29, 0.717) is 19.6 Å². The van der Waals surface area contributed by atoms with Gasteiger partial charge in [-0.25, -0.2) is 0 Å². The topological polar surface area (TPSA) is 40.6 Å². The highest BCUT2D eigenvalue weighted by atomic mass is 16.2. The van der Waals surface area contributed by atoms with Crippen LogP contribution in [-0.4, -0.2) is 41.2 Å². The highest BCUT2D eigenvalue weighted by Crippen LogP contribution is 2.23. The minimum Gasteiger partial charge on any atom is -0.341 e. The Morgan fingerprint density at radius 3 is 2.47 bits per heavy atom. The Labute approximate surface area is 113 Å². The van der Waals surface area contributed by atoms with E-state index in [9.17, 15) is 9.59 Å². The van der Waals surface area contributed by atoms with Gasteiger partial charge >= 0.3 is 0 Å². The van der Waals surface area contributed by atoms with Gasteiger partial charge in [0.2, 0.25) is 11.8 Å². The second-order valence-electron chi connectivity index (χ2n) is 5.40. The van der Waals surface area contributed by atoms with Gasteiger partial charge < -0.3 is 9.80 Å². The molecular weight excluding hydrogens is 240 g/mol. The Morgan fingerprint density at radius 1 is 1.11 bits per heavy atom. The van der Waals surface area contributed by atoms with Gasteiger partial charge in [-0.3, -0.25) is 9.59 Å². The summed E-state index contributed by atoms with van der Waals surface area (Å²) in [5.41, 5.74) is 2.61. The first kappa shape index (κ1) is 12.2. The van der Waals surface area contributed by atoms with Crippen LogP contribution in [0.2, 0.25) is 0 Å². The van der Waals surface area contributed by atoms with Crippen molar-refractivity contribution in [2.75, 3.05) is 19.6 Å². The van der Waals surface area contributed by atoms with Crippen LogP contribution in [0.15, 0.2) is 24.3 Å². The Hall–Kier alpha value is -1.84. The van der Waals surface area contributed by atoms with Crippen LogP contribution in [0, 0.1) is 5.92 Å². The second-order valence-corrected chi connectivity index (χ2v) is 5.40. The molecule has 0 unspecified atom stereocenters. The van der Waals surface area contributed by atoms with Crippen LogP contribution in [0.1, 0.15) is 18.1 Å². The van der Waals surface area contributed by atoms with Gasteiger partial charge in [-0.2, -0.15) is 0 Å². The molecule has 2 amide bonds. The van der Waals surface area contributed by atoms with Crippen molar-refractivity contribution in [1.82, 2.24) is 9.80 Å². The summed E-state index contributed by atoms with van der Waals surface area (Å²) < 4.78 is 0. The van der Waals surface area contributed by atoms with Gasteiger partial charge in [0.1, 0.15) is 0 Å². The Kier molecular flexibility index (Phi) is 3.01. The molecule has 0 radical (unpaired) electrons. The molecule has 19 heavy (non-hydrogen) atoms. The van der Waals surface area contributed by atoms with Crippen LogP contribution >= 0.6 is 0 Å². The molecule has 0 aliphatic carbocycles. The third-order valence-corrected chi connectivity index (χ3v) is 4.12. The first-order chi connectivity index (χ1) is 9.15. The average Bonchev–Trinajstić information content (AvgIpc) is 2.35. The van der Waals surface area contributed by atoms with Gasteiger partial charge in [-0.15, -0.1) is 0 Å². The summed E-state index contributed by atoms with van der Waals surface area (Å²) in [4.78, 5) is 27.1. The highest BCUT2D eigenvalue weighted by Gasteiger charge is 2.37. The van der Waals surface area contributed by atoms with E-state index in [4.69, 9.17) is 0 Å². The molecule has 100 valence electrons. The smallest absolute Gasteiger partial charge is 0.229 e. The minimum atomic E-state index is 0.00848. The van der Waals surface area contributed by atoms with E-state index in [1.54, 1.807) is 11.8 Å². The molecule has 1 saturated heterocycles. The second kappa shape index (κ2) is 4.68. The fraction of sp³-hybridized carbons (Fsp3) is 0.467. The molecule has 0 saturated carbocycles. The third kappa shape index (κ3) is 2.23. The number of amides is 2. The number of carbonyl (C=O) groups excluding carboxylic acids is 2. The van der Waals surface area contributed by atoms with E-state index in [1.165, 1.54) is 11.1 Å². The molecule has 0 atom stereocenters. The number of hydrogen-bond acceptors (Lipinski definition) is 2. The van der Waals surface area contributed by atoms with Crippen molar-refractivity contribution in [3.63, 3.8) is 0 Å². The van der Waals surface area contributed by atoms with Gasteiger partial charge in [0.25, 0.3) is 0 Å². The van der Waals surface area contributed by atoms with E-state index in [0.717, 1.165) is 13.0 Å². The lowest BCUT2D eigenvalue weighted by Gasteiger charge is -2.41. The molecule has 0 spiro atoms. The third-order valence-electron chi connectivity index (χ3n) is 4.12. The zero-order chi connectivity index (χ0) is 13.4. The molecule has 1 aromatic carbocycles. The molecule has 0 N–H and O–H groups in total. The molecule has 0 bridgehead atoms. The summed E-state index contributed by atoms with van der Waals surface area (Å²) in [6.45, 7) is 4.24. The van der Waals surface area contributed by atoms with E-state index >= 15 is 0 Å². The summed E-state index contributed by atoms with van der Waals surface area (Å²) in [5.74, 6) is 0.272. The Balaban J connectivity index is 1.63. The first-order valence-electron chi connectivity index (χ1n) is 6.76. The van der Waals surface area contributed by atoms with Crippen LogP contribution in [0.3, 0.4) is 0 Å². The molecule has 3 rings (SSSR count). The lowest BCUT2D eigenvalue weighted by molar-refractivity contribution is -0.148. The summed E-state index contributed by atoms with van der Waals surface area (Å²) in [5, 5.41) is 0. The molecule has 0 aromatic heterocycles. The van der Waals surface area contributed by atoms with Crippen molar-refractivity contribution >= 4 is 11.8 Å². The number of benzene rings is 1. The standard InChI is InChI=1S/C15H18N2O2/c1-11(18)17-9-14(10-17)15(19)16-7-6-12-4-2-3-5-13(12)8-16/h2-5,14H,6-10H2,1H3. The van der Waals surface area contributed by atoms with Gasteiger partial charge in [0.05, 0.1) is 5.92 Å². The van der Waals surface area contributed by atoms with Crippen LogP contribution in [-0.2, 0) is 22.6 Å². The van der Waals surface area contributed by atoms with Crippen LogP contribution in [0.25, 0.3) is 0 Å². The first-order valence-corrected chi connectivity index (χ1v) is 6.76. The maximum Gasteiger partial charge on any atom is 0.229 e. The largest absolute Gasteiger partial charge is 0.341 e. The van der Waals surface area contributed by atoms with Crippen molar-refractivity contribution in [3.8, 4) is 0 Å². The van der Waals surface area contributed by atoms with Gasteiger partial charge in [0.15, 0.2) is 0 Å². The van der Waals surface area contributed by atoms with E-state index in [2.05, 4.69) is 12.1 Å². The Bertz CT molecular complexity index is 521. The van der Waals surface area contributed by atoms with Gasteiger partial charge in [-0.05, 0) is 17.5 Å². The van der Waals surface area contributed by atoms with Crippen LogP contribution in [0.4, 0.5) is 0 Å². The number of rotatable bonds is 1. The summed E-state index contributed by atoms with van der Waals surface area (Å²) >= 11 is 0. The predicted molar refractivity (Wildman–Crippen MR) is 71.3 cm³/mol. The molecular formula is C15H18N2O2. The van der Waals surface area contributed by atoms with Crippen molar-refractivity contribution in [2.45, 2.75) is 19.9 Å². The maximum absolute atomic E-state index is 12.3. The number of carbonyl (C=O) groups is 2. The number of fused-ring (bicyclic) bond motifs is 1. The molecule has 4 nitrogen and oxygen atoms in total. The minimum absolute atomic E-state index is 0.00848. The fourth-order valence-corrected chi connectivity index (χ4v) is 2.83. The van der Waals surface area contributed by atoms with Crippen LogP contribution in [0.5, 0.6) is 0 Å². The van der Waals surface area contributed by atoms with E-state index in [1.807, 2.05) is 17.0 Å². The summed E-state index contributed by atoms with van der Waals surface area (Å²) in [6, 6.07) is 8.30. The normalized spacial score (nSPS) is 18.8. The Morgan fingerprint density at radius 2 is 1.79 bits per heavy atom. The zero-order valence-electron chi connectivity index (χ0n) is 11.1. The van der Waals surface area contributed by atoms with E-state index in [-0.39, 0.29) is 17.7 Å². The monoisotopic (exact) mass is 258 g/mol. The number of hydrogen-bond donors (Lipinski definition) is 0. The van der Waals surface area contributed by atoms with Crippen molar-refractivity contribution in [3.05, 3.63) is 35.4 Å².